The van der Waals surface area contributed by atoms with Gasteiger partial charge in [-0.15, -0.1) is 0 Å². The van der Waals surface area contributed by atoms with Crippen LogP contribution in [-0.2, 0) is 4.79 Å². The Morgan fingerprint density at radius 1 is 1.00 bits per heavy atom. The van der Waals surface area contributed by atoms with Crippen LogP contribution in [-0.4, -0.2) is 61.6 Å². The van der Waals surface area contributed by atoms with Crippen LogP contribution in [0.1, 0.15) is 18.9 Å². The van der Waals surface area contributed by atoms with Crippen molar-refractivity contribution in [3.63, 3.8) is 0 Å². The van der Waals surface area contributed by atoms with Gasteiger partial charge >= 0.3 is 0 Å². The number of hydrogen-bond donors (Lipinski definition) is 0. The molecule has 1 aliphatic heterocycles. The third kappa shape index (κ3) is 6.09. The molecule has 0 saturated carbocycles. The van der Waals surface area contributed by atoms with Crippen LogP contribution in [0.25, 0.3) is 6.08 Å². The predicted octanol–water partition coefficient (Wildman–Crippen LogP) is 3.71. The quantitative estimate of drug-likeness (QED) is 0.685. The van der Waals surface area contributed by atoms with Crippen LogP contribution >= 0.6 is 0 Å². The summed E-state index contributed by atoms with van der Waals surface area (Å²) in [5, 5.41) is 0. The van der Waals surface area contributed by atoms with Gasteiger partial charge in [-0.25, -0.2) is 0 Å². The molecule has 1 aliphatic rings. The van der Waals surface area contributed by atoms with Gasteiger partial charge in [-0.2, -0.15) is 0 Å². The minimum absolute atomic E-state index is 0.0720. The summed E-state index contributed by atoms with van der Waals surface area (Å²) in [7, 11) is 1.63. The number of methoxy groups -OCH3 is 1. The predicted molar refractivity (Wildman–Crippen MR) is 116 cm³/mol. The van der Waals surface area contributed by atoms with Gasteiger partial charge in [0, 0.05) is 32.7 Å². The molecule has 5 heteroatoms. The van der Waals surface area contributed by atoms with Gasteiger partial charge in [0.2, 0.25) is 0 Å². The highest BCUT2D eigenvalue weighted by Gasteiger charge is 2.27. The number of piperazine rings is 1. The number of amides is 1. The van der Waals surface area contributed by atoms with E-state index in [9.17, 15) is 4.79 Å². The van der Waals surface area contributed by atoms with Gasteiger partial charge in [-0.1, -0.05) is 49.4 Å². The first-order valence-corrected chi connectivity index (χ1v) is 10.2. The largest absolute Gasteiger partial charge is 0.497 e. The molecule has 3 rings (SSSR count). The van der Waals surface area contributed by atoms with Crippen LogP contribution in [0.2, 0.25) is 0 Å². The summed E-state index contributed by atoms with van der Waals surface area (Å²) in [6.07, 6.45) is 4.53. The zero-order valence-corrected chi connectivity index (χ0v) is 17.3. The van der Waals surface area contributed by atoms with E-state index in [1.54, 1.807) is 7.11 Å². The van der Waals surface area contributed by atoms with Crippen LogP contribution in [0.4, 0.5) is 0 Å². The van der Waals surface area contributed by atoms with E-state index in [-0.39, 0.29) is 5.91 Å². The molecule has 1 heterocycles. The van der Waals surface area contributed by atoms with Crippen molar-refractivity contribution in [3.05, 3.63) is 66.2 Å². The highest BCUT2D eigenvalue weighted by atomic mass is 16.5. The minimum Gasteiger partial charge on any atom is -0.497 e. The Bertz CT molecular complexity index is 782. The molecule has 2 aromatic rings. The van der Waals surface area contributed by atoms with Crippen molar-refractivity contribution in [1.29, 1.82) is 0 Å². The Hall–Kier alpha value is -2.79. The van der Waals surface area contributed by atoms with Crippen LogP contribution < -0.4 is 9.47 Å². The average Bonchev–Trinajstić information content (AvgIpc) is 2.78. The Balaban J connectivity index is 1.47. The first kappa shape index (κ1) is 20.9. The lowest BCUT2D eigenvalue weighted by Crippen LogP contribution is -2.52. The Morgan fingerprint density at radius 2 is 1.66 bits per heavy atom. The minimum atomic E-state index is -0.451. The zero-order valence-electron chi connectivity index (χ0n) is 17.3. The van der Waals surface area contributed by atoms with E-state index in [1.807, 2.05) is 54.3 Å². The molecule has 0 aromatic heterocycles. The maximum atomic E-state index is 12.9. The number of carbonyl (C=O) groups excluding carboxylic acids is 1. The van der Waals surface area contributed by atoms with Crippen molar-refractivity contribution in [3.8, 4) is 11.5 Å². The normalized spacial score (nSPS) is 16.0. The molecular formula is C24H30N2O3. The van der Waals surface area contributed by atoms with Crippen LogP contribution in [0.3, 0.4) is 0 Å². The van der Waals surface area contributed by atoms with E-state index in [0.717, 1.165) is 38.5 Å². The Morgan fingerprint density at radius 3 is 2.28 bits per heavy atom. The highest BCUT2D eigenvalue weighted by molar-refractivity contribution is 5.81. The van der Waals surface area contributed by atoms with Crippen molar-refractivity contribution in [2.75, 3.05) is 39.8 Å². The zero-order chi connectivity index (χ0) is 20.5. The number of ether oxygens (including phenoxy) is 2. The first-order valence-electron chi connectivity index (χ1n) is 10.2. The summed E-state index contributed by atoms with van der Waals surface area (Å²) < 4.78 is 11.1. The van der Waals surface area contributed by atoms with E-state index in [1.165, 1.54) is 5.56 Å². The van der Waals surface area contributed by atoms with Gasteiger partial charge in [0.05, 0.1) is 7.11 Å². The SMILES string of the molecule is CCC(Oc1ccc(OC)cc1)C(=O)N1CCN(C/C=C/c2ccccc2)CC1. The number of carbonyl (C=O) groups is 1. The number of nitrogens with zero attached hydrogens (tertiary/aromatic N) is 2. The topological polar surface area (TPSA) is 42.0 Å². The molecule has 2 aromatic carbocycles. The molecule has 29 heavy (non-hydrogen) atoms. The van der Waals surface area contributed by atoms with Crippen LogP contribution in [0.15, 0.2) is 60.7 Å². The van der Waals surface area contributed by atoms with Gasteiger partial charge in [-0.05, 0) is 36.2 Å². The molecule has 1 amide bonds. The second-order valence-corrected chi connectivity index (χ2v) is 7.13. The van der Waals surface area contributed by atoms with E-state index < -0.39 is 6.10 Å². The van der Waals surface area contributed by atoms with E-state index >= 15 is 0 Å². The lowest BCUT2D eigenvalue weighted by Gasteiger charge is -2.35. The Labute approximate surface area is 173 Å². The lowest BCUT2D eigenvalue weighted by molar-refractivity contribution is -0.140. The lowest BCUT2D eigenvalue weighted by atomic mass is 10.2. The van der Waals surface area contributed by atoms with E-state index in [4.69, 9.17) is 9.47 Å². The fourth-order valence-electron chi connectivity index (χ4n) is 3.38. The van der Waals surface area contributed by atoms with Crippen LogP contribution in [0.5, 0.6) is 11.5 Å². The van der Waals surface area contributed by atoms with Crippen molar-refractivity contribution >= 4 is 12.0 Å². The van der Waals surface area contributed by atoms with Gasteiger partial charge < -0.3 is 14.4 Å². The average molecular weight is 395 g/mol. The standard InChI is InChI=1S/C24H30N2O3/c1-3-23(29-22-13-11-21(28-2)12-14-22)24(27)26-18-16-25(17-19-26)15-7-10-20-8-5-4-6-9-20/h4-14,23H,3,15-19H2,1-2H3/b10-7+. The second kappa shape index (κ2) is 10.7. The second-order valence-electron chi connectivity index (χ2n) is 7.13. The van der Waals surface area contributed by atoms with Gasteiger partial charge in [0.15, 0.2) is 6.10 Å². The van der Waals surface area contributed by atoms with Gasteiger partial charge in [-0.3, -0.25) is 9.69 Å². The molecule has 0 N–H and O–H groups in total. The number of rotatable bonds is 8. The smallest absolute Gasteiger partial charge is 0.263 e. The highest BCUT2D eigenvalue weighted by Crippen LogP contribution is 2.20. The number of benzene rings is 2. The molecular weight excluding hydrogens is 364 g/mol. The fourth-order valence-corrected chi connectivity index (χ4v) is 3.38. The van der Waals surface area contributed by atoms with Crippen molar-refractivity contribution in [2.24, 2.45) is 0 Å². The molecule has 154 valence electrons. The molecule has 1 fully saturated rings. The number of hydrogen-bond acceptors (Lipinski definition) is 4. The summed E-state index contributed by atoms with van der Waals surface area (Å²) in [5.41, 5.74) is 1.21. The molecule has 0 spiro atoms. The summed E-state index contributed by atoms with van der Waals surface area (Å²) in [4.78, 5) is 17.2. The molecule has 0 aliphatic carbocycles. The maximum Gasteiger partial charge on any atom is 0.263 e. The van der Waals surface area contributed by atoms with Gasteiger partial charge in [0.1, 0.15) is 11.5 Å². The molecule has 0 bridgehead atoms. The Kier molecular flexibility index (Phi) is 7.70. The van der Waals surface area contributed by atoms with E-state index in [2.05, 4.69) is 29.2 Å². The van der Waals surface area contributed by atoms with Crippen molar-refractivity contribution in [2.45, 2.75) is 19.4 Å². The molecule has 5 nitrogen and oxygen atoms in total. The summed E-state index contributed by atoms with van der Waals surface area (Å²) in [6, 6.07) is 17.7. The maximum absolute atomic E-state index is 12.9. The third-order valence-corrected chi connectivity index (χ3v) is 5.14. The van der Waals surface area contributed by atoms with Crippen LogP contribution in [0, 0.1) is 0 Å². The molecule has 0 radical (unpaired) electrons. The molecule has 1 saturated heterocycles. The molecule has 1 atom stereocenters. The van der Waals surface area contributed by atoms with Crippen molar-refractivity contribution < 1.29 is 14.3 Å². The summed E-state index contributed by atoms with van der Waals surface area (Å²) in [5.74, 6) is 1.53. The van der Waals surface area contributed by atoms with Crippen molar-refractivity contribution in [1.82, 2.24) is 9.80 Å². The molecule has 1 unspecified atom stereocenters. The van der Waals surface area contributed by atoms with E-state index in [0.29, 0.717) is 12.2 Å². The van der Waals surface area contributed by atoms with Gasteiger partial charge in [0.25, 0.3) is 5.91 Å². The summed E-state index contributed by atoms with van der Waals surface area (Å²) >= 11 is 0. The fraction of sp³-hybridized carbons (Fsp3) is 0.375. The summed E-state index contributed by atoms with van der Waals surface area (Å²) in [6.45, 7) is 6.11. The monoisotopic (exact) mass is 394 g/mol. The first-order chi connectivity index (χ1) is 14.2. The third-order valence-electron chi connectivity index (χ3n) is 5.14.